The summed E-state index contributed by atoms with van der Waals surface area (Å²) in [6.07, 6.45) is 2.48. The number of benzene rings is 1. The molecule has 1 aliphatic heterocycles. The number of nitrogens with zero attached hydrogens (tertiary/aromatic N) is 1. The molecular weight excluding hydrogens is 306 g/mol. The third-order valence-corrected chi connectivity index (χ3v) is 5.41. The highest BCUT2D eigenvalue weighted by atomic mass is 35.5. The molecule has 0 radical (unpaired) electrons. The summed E-state index contributed by atoms with van der Waals surface area (Å²) in [5.74, 6) is 0. The molecule has 3 nitrogen and oxygen atoms in total. The molecular formula is C16H18ClNO2S. The van der Waals surface area contributed by atoms with Gasteiger partial charge in [-0.05, 0) is 11.6 Å². The Hall–Kier alpha value is -0.940. The maximum atomic E-state index is 6.22. The minimum atomic E-state index is -0.276. The molecule has 0 saturated carbocycles. The molecule has 1 saturated heterocycles. The lowest BCUT2D eigenvalue weighted by Crippen LogP contribution is -2.35. The number of hydrogen-bond donors (Lipinski definition) is 0. The SMILES string of the molecule is COC1(c2nc(Cc3ccccc3Cl)cs2)CCOCC1. The smallest absolute Gasteiger partial charge is 0.125 e. The van der Waals surface area contributed by atoms with E-state index in [4.69, 9.17) is 26.1 Å². The van der Waals surface area contributed by atoms with E-state index in [-0.39, 0.29) is 5.60 Å². The standard InChI is InChI=1S/C16H18ClNO2S/c1-19-16(6-8-20-9-7-16)15-18-13(11-21-15)10-12-4-2-3-5-14(12)17/h2-5,11H,6-10H2,1H3. The van der Waals surface area contributed by atoms with Crippen LogP contribution in [0.1, 0.15) is 29.1 Å². The van der Waals surface area contributed by atoms with Gasteiger partial charge < -0.3 is 9.47 Å². The number of halogens is 1. The second-order valence-electron chi connectivity index (χ2n) is 5.22. The van der Waals surface area contributed by atoms with Crippen molar-refractivity contribution in [3.05, 3.63) is 50.9 Å². The van der Waals surface area contributed by atoms with Crippen LogP contribution in [-0.2, 0) is 21.5 Å². The fourth-order valence-electron chi connectivity index (χ4n) is 2.64. The highest BCUT2D eigenvalue weighted by molar-refractivity contribution is 7.09. The summed E-state index contributed by atoms with van der Waals surface area (Å²) in [6, 6.07) is 7.91. The number of ether oxygens (including phenoxy) is 2. The van der Waals surface area contributed by atoms with Gasteiger partial charge in [0.15, 0.2) is 0 Å². The largest absolute Gasteiger partial charge is 0.381 e. The first kappa shape index (κ1) is 15.0. The van der Waals surface area contributed by atoms with E-state index in [1.165, 1.54) is 0 Å². The van der Waals surface area contributed by atoms with Crippen LogP contribution in [0.5, 0.6) is 0 Å². The van der Waals surface area contributed by atoms with Crippen molar-refractivity contribution in [1.82, 2.24) is 4.98 Å². The first-order chi connectivity index (χ1) is 10.2. The summed E-state index contributed by atoms with van der Waals surface area (Å²) in [7, 11) is 1.76. The van der Waals surface area contributed by atoms with Gasteiger partial charge in [0.05, 0.1) is 5.69 Å². The predicted molar refractivity (Wildman–Crippen MR) is 85.1 cm³/mol. The van der Waals surface area contributed by atoms with E-state index in [2.05, 4.69) is 5.38 Å². The van der Waals surface area contributed by atoms with Gasteiger partial charge in [0.25, 0.3) is 0 Å². The number of hydrogen-bond acceptors (Lipinski definition) is 4. The Morgan fingerprint density at radius 3 is 2.81 bits per heavy atom. The zero-order chi connectivity index (χ0) is 14.7. The summed E-state index contributed by atoms with van der Waals surface area (Å²) in [5.41, 5.74) is 1.88. The van der Waals surface area contributed by atoms with Crippen molar-refractivity contribution in [2.75, 3.05) is 20.3 Å². The molecule has 0 atom stereocenters. The lowest BCUT2D eigenvalue weighted by Gasteiger charge is -2.33. The Balaban J connectivity index is 1.81. The molecule has 5 heteroatoms. The summed E-state index contributed by atoms with van der Waals surface area (Å²) < 4.78 is 11.2. The fraction of sp³-hybridized carbons (Fsp3) is 0.438. The summed E-state index contributed by atoms with van der Waals surface area (Å²) >= 11 is 7.89. The van der Waals surface area contributed by atoms with Crippen molar-refractivity contribution in [2.24, 2.45) is 0 Å². The quantitative estimate of drug-likeness (QED) is 0.851. The molecule has 2 aromatic rings. The van der Waals surface area contributed by atoms with Crippen LogP contribution in [-0.4, -0.2) is 25.3 Å². The molecule has 0 N–H and O–H groups in total. The Morgan fingerprint density at radius 1 is 1.33 bits per heavy atom. The molecule has 1 aliphatic rings. The minimum absolute atomic E-state index is 0.276. The van der Waals surface area contributed by atoms with Crippen LogP contribution in [0.25, 0.3) is 0 Å². The van der Waals surface area contributed by atoms with Crippen LogP contribution >= 0.6 is 22.9 Å². The second-order valence-corrected chi connectivity index (χ2v) is 6.49. The van der Waals surface area contributed by atoms with Crippen LogP contribution in [0.15, 0.2) is 29.6 Å². The van der Waals surface area contributed by atoms with Gasteiger partial charge in [-0.1, -0.05) is 29.8 Å². The van der Waals surface area contributed by atoms with Gasteiger partial charge >= 0.3 is 0 Å². The maximum absolute atomic E-state index is 6.22. The Labute approximate surface area is 133 Å². The van der Waals surface area contributed by atoms with Crippen molar-refractivity contribution in [1.29, 1.82) is 0 Å². The number of thiazole rings is 1. The third kappa shape index (κ3) is 3.14. The molecule has 21 heavy (non-hydrogen) atoms. The van der Waals surface area contributed by atoms with E-state index in [9.17, 15) is 0 Å². The average molecular weight is 324 g/mol. The maximum Gasteiger partial charge on any atom is 0.125 e. The highest BCUT2D eigenvalue weighted by Crippen LogP contribution is 2.37. The van der Waals surface area contributed by atoms with Crippen molar-refractivity contribution >= 4 is 22.9 Å². The summed E-state index contributed by atoms with van der Waals surface area (Å²) in [6.45, 7) is 1.46. The number of rotatable bonds is 4. The average Bonchev–Trinajstić information content (AvgIpc) is 2.99. The number of aromatic nitrogens is 1. The first-order valence-electron chi connectivity index (χ1n) is 7.05. The molecule has 0 bridgehead atoms. The molecule has 0 aliphatic carbocycles. The van der Waals surface area contributed by atoms with Crippen LogP contribution in [0, 0.1) is 0 Å². The van der Waals surface area contributed by atoms with E-state index in [1.54, 1.807) is 18.4 Å². The Morgan fingerprint density at radius 2 is 2.10 bits per heavy atom. The van der Waals surface area contributed by atoms with Gasteiger partial charge in [0, 0.05) is 50.0 Å². The summed E-state index contributed by atoms with van der Waals surface area (Å²) in [5, 5.41) is 3.95. The van der Waals surface area contributed by atoms with Gasteiger partial charge in [0.2, 0.25) is 0 Å². The topological polar surface area (TPSA) is 31.4 Å². The monoisotopic (exact) mass is 323 g/mol. The van der Waals surface area contributed by atoms with Gasteiger partial charge in [-0.3, -0.25) is 0 Å². The van der Waals surface area contributed by atoms with Crippen molar-refractivity contribution < 1.29 is 9.47 Å². The normalized spacial score (nSPS) is 17.8. The predicted octanol–water partition coefficient (Wildman–Crippen LogP) is 4.04. The van der Waals surface area contributed by atoms with Crippen LogP contribution in [0.3, 0.4) is 0 Å². The van der Waals surface area contributed by atoms with Gasteiger partial charge in [0.1, 0.15) is 10.6 Å². The Kier molecular flexibility index (Phi) is 4.60. The molecule has 2 heterocycles. The lowest BCUT2D eigenvalue weighted by molar-refractivity contribution is -0.0948. The molecule has 1 aromatic heterocycles. The van der Waals surface area contributed by atoms with Gasteiger partial charge in [-0.25, -0.2) is 4.98 Å². The zero-order valence-corrected chi connectivity index (χ0v) is 13.5. The third-order valence-electron chi connectivity index (χ3n) is 3.96. The lowest BCUT2D eigenvalue weighted by atomic mass is 9.95. The highest BCUT2D eigenvalue weighted by Gasteiger charge is 2.37. The van der Waals surface area contributed by atoms with Crippen LogP contribution in [0.4, 0.5) is 0 Å². The van der Waals surface area contributed by atoms with Crippen LogP contribution in [0.2, 0.25) is 5.02 Å². The van der Waals surface area contributed by atoms with Crippen molar-refractivity contribution in [2.45, 2.75) is 24.9 Å². The van der Waals surface area contributed by atoms with E-state index in [1.807, 2.05) is 24.3 Å². The van der Waals surface area contributed by atoms with Crippen LogP contribution < -0.4 is 0 Å². The second kappa shape index (κ2) is 6.44. The molecule has 3 rings (SSSR count). The molecule has 112 valence electrons. The van der Waals surface area contributed by atoms with E-state index >= 15 is 0 Å². The van der Waals surface area contributed by atoms with Crippen molar-refractivity contribution in [3.8, 4) is 0 Å². The molecule has 0 unspecified atom stereocenters. The molecule has 1 aromatic carbocycles. The molecule has 0 amide bonds. The van der Waals surface area contributed by atoms with Crippen molar-refractivity contribution in [3.63, 3.8) is 0 Å². The van der Waals surface area contributed by atoms with E-state index in [0.717, 1.165) is 53.8 Å². The summed E-state index contributed by atoms with van der Waals surface area (Å²) in [4.78, 5) is 4.79. The first-order valence-corrected chi connectivity index (χ1v) is 8.30. The minimum Gasteiger partial charge on any atom is -0.381 e. The molecule has 1 fully saturated rings. The Bertz CT molecular complexity index is 608. The number of methoxy groups -OCH3 is 1. The molecule has 0 spiro atoms. The van der Waals surface area contributed by atoms with Gasteiger partial charge in [-0.15, -0.1) is 11.3 Å². The van der Waals surface area contributed by atoms with Gasteiger partial charge in [-0.2, -0.15) is 0 Å². The fourth-order valence-corrected chi connectivity index (χ4v) is 3.90. The zero-order valence-electron chi connectivity index (χ0n) is 12.0. The van der Waals surface area contributed by atoms with E-state index < -0.39 is 0 Å². The van der Waals surface area contributed by atoms with E-state index in [0.29, 0.717) is 0 Å².